The molecule has 4 rings (SSSR count). The molecule has 0 aliphatic carbocycles. The van der Waals surface area contributed by atoms with Crippen LogP contribution in [0.25, 0.3) is 11.2 Å². The maximum absolute atomic E-state index is 10.3. The van der Waals surface area contributed by atoms with Crippen LogP contribution in [0.2, 0.25) is 0 Å². The van der Waals surface area contributed by atoms with Gasteiger partial charge < -0.3 is 25.8 Å². The van der Waals surface area contributed by atoms with Crippen LogP contribution >= 0.6 is 0 Å². The molecule has 5 atom stereocenters. The third-order valence-corrected chi connectivity index (χ3v) is 4.15. The molecule has 4 heterocycles. The summed E-state index contributed by atoms with van der Waals surface area (Å²) in [5.74, 6) is 0.275. The van der Waals surface area contributed by atoms with Gasteiger partial charge in [0.1, 0.15) is 24.5 Å². The van der Waals surface area contributed by atoms with Crippen molar-refractivity contribution in [1.82, 2.24) is 19.9 Å². The molecular weight excluding hydrogens is 292 g/mol. The molecule has 6 N–H and O–H groups in total. The Bertz CT molecular complexity index is 704. The van der Waals surface area contributed by atoms with E-state index in [1.54, 1.807) is 11.2 Å². The zero-order valence-electron chi connectivity index (χ0n) is 11.6. The summed E-state index contributed by atoms with van der Waals surface area (Å²) >= 11 is 0. The fraction of sp³-hybridized carbons (Fsp3) is 0.583. The van der Waals surface area contributed by atoms with Crippen LogP contribution in [-0.4, -0.2) is 72.8 Å². The van der Waals surface area contributed by atoms with E-state index in [0.29, 0.717) is 11.2 Å². The molecule has 2 aliphatic heterocycles. The Hall–Kier alpha value is -1.85. The summed E-state index contributed by atoms with van der Waals surface area (Å²) in [4.78, 5) is 12.7. The van der Waals surface area contributed by atoms with Crippen molar-refractivity contribution in [2.45, 2.75) is 30.8 Å². The number of nitrogens with one attached hydrogen (secondary N) is 1. The Kier molecular flexibility index (Phi) is 3.03. The number of hydrogen-bond donors (Lipinski definition) is 5. The van der Waals surface area contributed by atoms with Crippen LogP contribution in [0.5, 0.6) is 0 Å². The molecule has 118 valence electrons. The van der Waals surface area contributed by atoms with Gasteiger partial charge in [-0.15, -0.1) is 0 Å². The van der Waals surface area contributed by atoms with Gasteiger partial charge in [-0.3, -0.25) is 9.88 Å². The van der Waals surface area contributed by atoms with Crippen molar-refractivity contribution in [1.29, 1.82) is 0 Å². The third-order valence-electron chi connectivity index (χ3n) is 4.15. The van der Waals surface area contributed by atoms with Crippen LogP contribution in [0.1, 0.15) is 6.23 Å². The second-order valence-electron chi connectivity index (χ2n) is 5.56. The van der Waals surface area contributed by atoms with Crippen LogP contribution in [0.15, 0.2) is 12.7 Å². The highest BCUT2D eigenvalue weighted by Crippen LogP contribution is 2.31. The fourth-order valence-corrected chi connectivity index (χ4v) is 2.80. The lowest BCUT2D eigenvalue weighted by atomic mass is 10.1. The molecular formula is C12H17N6O4+. The maximum atomic E-state index is 10.3. The number of ether oxygens (including phenoxy) is 1. The van der Waals surface area contributed by atoms with Gasteiger partial charge in [0.25, 0.3) is 0 Å². The van der Waals surface area contributed by atoms with Crippen LogP contribution in [0, 0.1) is 0 Å². The fourth-order valence-electron chi connectivity index (χ4n) is 2.80. The minimum Gasteiger partial charge on any atom is -0.387 e. The number of imidazole rings is 1. The summed E-state index contributed by atoms with van der Waals surface area (Å²) < 4.78 is 7.23. The van der Waals surface area contributed by atoms with Gasteiger partial charge in [0.2, 0.25) is 11.7 Å². The summed E-state index contributed by atoms with van der Waals surface area (Å²) in [5.41, 5.74) is 6.72. The molecule has 0 aromatic carbocycles. The average molecular weight is 309 g/mol. The molecule has 0 amide bonds. The van der Waals surface area contributed by atoms with Crippen molar-refractivity contribution in [2.24, 2.45) is 0 Å². The van der Waals surface area contributed by atoms with E-state index in [1.165, 1.54) is 10.9 Å². The Labute approximate surface area is 124 Å². The molecule has 10 heteroatoms. The molecule has 1 unspecified atom stereocenters. The summed E-state index contributed by atoms with van der Waals surface area (Å²) in [6.45, 7) is 1.50. The van der Waals surface area contributed by atoms with E-state index in [4.69, 9.17) is 10.5 Å². The van der Waals surface area contributed by atoms with Crippen molar-refractivity contribution in [2.75, 3.05) is 18.8 Å². The van der Waals surface area contributed by atoms with Crippen molar-refractivity contribution in [3.05, 3.63) is 12.7 Å². The summed E-state index contributed by atoms with van der Waals surface area (Å²) in [5, 5.41) is 30.5. The number of H-pyrrole nitrogens is 1. The third kappa shape index (κ3) is 1.96. The SMILES string of the molecule is Nc1ncnc2c1[nH]c[n+]2[C@@H]1O[C@H](C(O)N2CC2)[C@@H](O)[C@H]1O. The van der Waals surface area contributed by atoms with E-state index in [2.05, 4.69) is 15.0 Å². The van der Waals surface area contributed by atoms with E-state index in [0.717, 1.165) is 13.1 Å². The van der Waals surface area contributed by atoms with E-state index in [9.17, 15) is 15.3 Å². The Morgan fingerprint density at radius 3 is 2.86 bits per heavy atom. The van der Waals surface area contributed by atoms with Crippen molar-refractivity contribution in [3.8, 4) is 0 Å². The molecule has 2 aromatic rings. The molecule has 0 radical (unpaired) electrons. The molecule has 2 aromatic heterocycles. The lowest BCUT2D eigenvalue weighted by Crippen LogP contribution is -2.45. The molecule has 22 heavy (non-hydrogen) atoms. The first-order chi connectivity index (χ1) is 10.6. The first-order valence-corrected chi connectivity index (χ1v) is 7.00. The Morgan fingerprint density at radius 1 is 1.36 bits per heavy atom. The maximum Gasteiger partial charge on any atom is 0.309 e. The van der Waals surface area contributed by atoms with Gasteiger partial charge in [0.15, 0.2) is 18.5 Å². The van der Waals surface area contributed by atoms with Gasteiger partial charge in [-0.1, -0.05) is 4.98 Å². The standard InChI is InChI=1S/C12H16N6O4/c13-9-5-10(15-3-14-9)18(4-16-5)12-7(20)6(19)8(22-12)11(21)17-1-2-17/h3-4,6-8,11-12,19-21H,1-2H2,(H2,13,14,15)/p+1/t6-,7+,8-,11?,12+/m0/s1. The van der Waals surface area contributed by atoms with Gasteiger partial charge in [0.05, 0.1) is 0 Å². The quantitative estimate of drug-likeness (QED) is 0.299. The number of aromatic nitrogens is 4. The van der Waals surface area contributed by atoms with E-state index < -0.39 is 30.8 Å². The van der Waals surface area contributed by atoms with Gasteiger partial charge in [-0.2, -0.15) is 4.98 Å². The monoisotopic (exact) mass is 309 g/mol. The smallest absolute Gasteiger partial charge is 0.309 e. The number of fused-ring (bicyclic) bond motifs is 1. The van der Waals surface area contributed by atoms with Crippen LogP contribution in [-0.2, 0) is 4.74 Å². The van der Waals surface area contributed by atoms with Crippen LogP contribution in [0.4, 0.5) is 5.82 Å². The van der Waals surface area contributed by atoms with Crippen molar-refractivity contribution >= 4 is 17.0 Å². The van der Waals surface area contributed by atoms with Crippen LogP contribution < -0.4 is 10.3 Å². The van der Waals surface area contributed by atoms with E-state index in [1.807, 2.05) is 0 Å². The molecule has 2 fully saturated rings. The summed E-state index contributed by atoms with van der Waals surface area (Å²) in [6, 6.07) is 0. The highest BCUT2D eigenvalue weighted by Gasteiger charge is 2.51. The first kappa shape index (κ1) is 13.8. The average Bonchev–Trinajstić information content (AvgIpc) is 3.21. The minimum atomic E-state index is -1.20. The zero-order valence-corrected chi connectivity index (χ0v) is 11.6. The predicted octanol–water partition coefficient (Wildman–Crippen LogP) is -2.92. The normalized spacial score (nSPS) is 33.4. The second kappa shape index (κ2) is 4.83. The van der Waals surface area contributed by atoms with Crippen molar-refractivity contribution in [3.63, 3.8) is 0 Å². The van der Waals surface area contributed by atoms with Gasteiger partial charge in [0, 0.05) is 13.1 Å². The van der Waals surface area contributed by atoms with E-state index in [-0.39, 0.29) is 5.82 Å². The number of aromatic amines is 1. The number of aliphatic hydroxyl groups excluding tert-OH is 3. The van der Waals surface area contributed by atoms with Gasteiger partial charge >= 0.3 is 5.65 Å². The number of aliphatic hydroxyl groups is 3. The Morgan fingerprint density at radius 2 is 2.14 bits per heavy atom. The molecule has 2 aliphatic rings. The van der Waals surface area contributed by atoms with Crippen molar-refractivity contribution < 1.29 is 24.6 Å². The zero-order chi connectivity index (χ0) is 15.4. The molecule has 10 nitrogen and oxygen atoms in total. The summed E-state index contributed by atoms with van der Waals surface area (Å²) in [6.07, 6.45) is -2.25. The van der Waals surface area contributed by atoms with E-state index >= 15 is 0 Å². The Balaban J connectivity index is 1.68. The van der Waals surface area contributed by atoms with Crippen LogP contribution in [0.3, 0.4) is 0 Å². The topological polar surface area (TPSA) is 144 Å². The first-order valence-electron chi connectivity index (χ1n) is 7.00. The van der Waals surface area contributed by atoms with Gasteiger partial charge in [-0.05, 0) is 0 Å². The summed E-state index contributed by atoms with van der Waals surface area (Å²) in [7, 11) is 0. The molecule has 0 bridgehead atoms. The lowest BCUT2D eigenvalue weighted by molar-refractivity contribution is -0.745. The highest BCUT2D eigenvalue weighted by molar-refractivity contribution is 5.77. The molecule has 0 saturated carbocycles. The predicted molar refractivity (Wildman–Crippen MR) is 72.0 cm³/mol. The minimum absolute atomic E-state index is 0.275. The number of hydrogen-bond acceptors (Lipinski definition) is 8. The largest absolute Gasteiger partial charge is 0.387 e. The molecule has 0 spiro atoms. The number of anilines is 1. The van der Waals surface area contributed by atoms with Gasteiger partial charge in [-0.25, -0.2) is 4.57 Å². The molecule has 2 saturated heterocycles. The highest BCUT2D eigenvalue weighted by atomic mass is 16.6. The second-order valence-corrected chi connectivity index (χ2v) is 5.56. The number of nitrogens with zero attached hydrogens (tertiary/aromatic N) is 4. The lowest BCUT2D eigenvalue weighted by Gasteiger charge is -2.21. The number of nitrogen functional groups attached to an aromatic ring is 1. The number of rotatable bonds is 3. The number of nitrogens with two attached hydrogens (primary N) is 1.